The van der Waals surface area contributed by atoms with Crippen molar-refractivity contribution in [3.05, 3.63) is 72.3 Å². The molecule has 1 N–H and O–H groups in total. The first-order chi connectivity index (χ1) is 11.4. The number of fused-ring (bicyclic) bond motifs is 1. The van der Waals surface area contributed by atoms with Crippen LogP contribution in [0.4, 0.5) is 5.95 Å². The number of nitrogens with zero attached hydrogens (tertiary/aromatic N) is 4. The predicted molar refractivity (Wildman–Crippen MR) is 87.0 cm³/mol. The lowest BCUT2D eigenvalue weighted by molar-refractivity contribution is 0.404. The van der Waals surface area contributed by atoms with Crippen LogP contribution in [0.5, 0.6) is 5.75 Å². The number of hydrogen-bond acceptors (Lipinski definition) is 5. The molecule has 1 aromatic carbocycles. The largest absolute Gasteiger partial charge is 0.496 e. The van der Waals surface area contributed by atoms with E-state index in [0.717, 1.165) is 22.6 Å². The molecule has 2 aromatic heterocycles. The number of pyridine rings is 1. The van der Waals surface area contributed by atoms with E-state index in [4.69, 9.17) is 4.74 Å². The fourth-order valence-electron chi connectivity index (χ4n) is 2.76. The number of nitrogens with one attached hydrogen (secondary N) is 1. The smallest absolute Gasteiger partial charge is 0.226 e. The molecule has 6 nitrogen and oxygen atoms in total. The van der Waals surface area contributed by atoms with E-state index in [0.29, 0.717) is 5.95 Å². The van der Waals surface area contributed by atoms with Crippen LogP contribution < -0.4 is 10.1 Å². The number of rotatable bonds is 3. The lowest BCUT2D eigenvalue weighted by atomic mass is 10.0. The molecule has 0 unspecified atom stereocenters. The number of anilines is 1. The summed E-state index contributed by atoms with van der Waals surface area (Å²) in [5, 5.41) is 7.65. The lowest BCUT2D eigenvalue weighted by Gasteiger charge is -2.25. The molecule has 0 radical (unpaired) electrons. The summed E-state index contributed by atoms with van der Waals surface area (Å²) in [6.07, 6.45) is 7.23. The SMILES string of the molecule is COc1ccccc1[C@H]1C=C(c2cccnc2)Nc2ncnn21. The molecule has 23 heavy (non-hydrogen) atoms. The van der Waals surface area contributed by atoms with E-state index in [1.165, 1.54) is 0 Å². The predicted octanol–water partition coefficient (Wildman–Crippen LogP) is 2.74. The van der Waals surface area contributed by atoms with Gasteiger partial charge in [-0.15, -0.1) is 0 Å². The minimum Gasteiger partial charge on any atom is -0.496 e. The summed E-state index contributed by atoms with van der Waals surface area (Å²) in [7, 11) is 1.67. The van der Waals surface area contributed by atoms with E-state index < -0.39 is 0 Å². The molecular weight excluding hydrogens is 290 g/mol. The highest BCUT2D eigenvalue weighted by molar-refractivity contribution is 5.76. The second kappa shape index (κ2) is 5.57. The third kappa shape index (κ3) is 2.34. The lowest BCUT2D eigenvalue weighted by Crippen LogP contribution is -2.20. The summed E-state index contributed by atoms with van der Waals surface area (Å²) in [6.45, 7) is 0. The Morgan fingerprint density at radius 1 is 1.17 bits per heavy atom. The molecule has 0 bridgehead atoms. The first kappa shape index (κ1) is 13.5. The van der Waals surface area contributed by atoms with Crippen molar-refractivity contribution < 1.29 is 4.74 Å². The van der Waals surface area contributed by atoms with Gasteiger partial charge in [0.15, 0.2) is 0 Å². The Morgan fingerprint density at radius 3 is 2.91 bits per heavy atom. The third-order valence-electron chi connectivity index (χ3n) is 3.84. The van der Waals surface area contributed by atoms with Gasteiger partial charge in [0.25, 0.3) is 0 Å². The number of aromatic nitrogens is 4. The normalized spacial score (nSPS) is 16.2. The Balaban J connectivity index is 1.85. The van der Waals surface area contributed by atoms with Gasteiger partial charge in [-0.25, -0.2) is 4.68 Å². The van der Waals surface area contributed by atoms with Crippen LogP contribution in [0.2, 0.25) is 0 Å². The molecule has 0 fully saturated rings. The molecule has 1 aliphatic rings. The zero-order valence-electron chi connectivity index (χ0n) is 12.5. The van der Waals surface area contributed by atoms with Crippen LogP contribution in [-0.2, 0) is 0 Å². The summed E-state index contributed by atoms with van der Waals surface area (Å²) in [4.78, 5) is 8.49. The van der Waals surface area contributed by atoms with Gasteiger partial charge >= 0.3 is 0 Å². The number of para-hydroxylation sites is 1. The van der Waals surface area contributed by atoms with Crippen LogP contribution >= 0.6 is 0 Å². The van der Waals surface area contributed by atoms with Crippen LogP contribution in [0.1, 0.15) is 17.2 Å². The fourth-order valence-corrected chi connectivity index (χ4v) is 2.76. The average molecular weight is 305 g/mol. The van der Waals surface area contributed by atoms with Gasteiger partial charge in [-0.2, -0.15) is 10.1 Å². The van der Waals surface area contributed by atoms with Crippen molar-refractivity contribution >= 4 is 11.6 Å². The molecule has 114 valence electrons. The molecule has 6 heteroatoms. The van der Waals surface area contributed by atoms with Crippen molar-refractivity contribution in [1.29, 1.82) is 0 Å². The molecule has 0 saturated carbocycles. The fraction of sp³-hybridized carbons (Fsp3) is 0.118. The Morgan fingerprint density at radius 2 is 2.09 bits per heavy atom. The summed E-state index contributed by atoms with van der Waals surface area (Å²) >= 11 is 0. The van der Waals surface area contributed by atoms with E-state index >= 15 is 0 Å². The topological polar surface area (TPSA) is 64.9 Å². The van der Waals surface area contributed by atoms with Gasteiger partial charge < -0.3 is 10.1 Å². The van der Waals surface area contributed by atoms with Gasteiger partial charge in [-0.3, -0.25) is 4.98 Å². The maximum absolute atomic E-state index is 5.51. The number of hydrogen-bond donors (Lipinski definition) is 1. The number of ether oxygens (including phenoxy) is 1. The molecule has 1 atom stereocenters. The number of benzene rings is 1. The highest BCUT2D eigenvalue weighted by Crippen LogP contribution is 2.35. The summed E-state index contributed by atoms with van der Waals surface area (Å²) in [5.41, 5.74) is 2.99. The Bertz CT molecular complexity index is 856. The average Bonchev–Trinajstić information content (AvgIpc) is 3.10. The Labute approximate surface area is 133 Å². The monoisotopic (exact) mass is 305 g/mol. The third-order valence-corrected chi connectivity index (χ3v) is 3.84. The van der Waals surface area contributed by atoms with Gasteiger partial charge in [0.2, 0.25) is 5.95 Å². The summed E-state index contributed by atoms with van der Waals surface area (Å²) in [6, 6.07) is 11.8. The van der Waals surface area contributed by atoms with E-state index in [1.54, 1.807) is 19.6 Å². The zero-order chi connectivity index (χ0) is 15.6. The van der Waals surface area contributed by atoms with E-state index in [2.05, 4.69) is 26.5 Å². The van der Waals surface area contributed by atoms with Gasteiger partial charge in [0.05, 0.1) is 7.11 Å². The summed E-state index contributed by atoms with van der Waals surface area (Å²) < 4.78 is 7.35. The second-order valence-electron chi connectivity index (χ2n) is 5.16. The van der Waals surface area contributed by atoms with E-state index in [9.17, 15) is 0 Å². The van der Waals surface area contributed by atoms with Gasteiger partial charge in [0, 0.05) is 29.2 Å². The van der Waals surface area contributed by atoms with Crippen LogP contribution in [-0.4, -0.2) is 26.9 Å². The van der Waals surface area contributed by atoms with Crippen LogP contribution in [0.15, 0.2) is 61.2 Å². The summed E-state index contributed by atoms with van der Waals surface area (Å²) in [5.74, 6) is 1.52. The quantitative estimate of drug-likeness (QED) is 0.806. The molecule has 0 spiro atoms. The van der Waals surface area contributed by atoms with Crippen molar-refractivity contribution in [2.75, 3.05) is 12.4 Å². The van der Waals surface area contributed by atoms with Crippen molar-refractivity contribution in [3.8, 4) is 5.75 Å². The van der Waals surface area contributed by atoms with E-state index in [1.807, 2.05) is 47.3 Å². The molecular formula is C17H15N5O. The molecule has 3 aromatic rings. The maximum atomic E-state index is 5.51. The highest BCUT2D eigenvalue weighted by atomic mass is 16.5. The van der Waals surface area contributed by atoms with Crippen LogP contribution in [0, 0.1) is 0 Å². The van der Waals surface area contributed by atoms with E-state index in [-0.39, 0.29) is 6.04 Å². The minimum atomic E-state index is -0.0971. The van der Waals surface area contributed by atoms with Crippen LogP contribution in [0.25, 0.3) is 5.70 Å². The van der Waals surface area contributed by atoms with Gasteiger partial charge in [0.1, 0.15) is 18.1 Å². The molecule has 3 heterocycles. The van der Waals surface area contributed by atoms with Crippen molar-refractivity contribution in [2.45, 2.75) is 6.04 Å². The second-order valence-corrected chi connectivity index (χ2v) is 5.16. The highest BCUT2D eigenvalue weighted by Gasteiger charge is 2.25. The first-order valence-corrected chi connectivity index (χ1v) is 7.28. The number of methoxy groups -OCH3 is 1. The molecule has 4 rings (SSSR count). The van der Waals surface area contributed by atoms with Gasteiger partial charge in [-0.1, -0.05) is 18.2 Å². The standard InChI is InChI=1S/C17H15N5O/c1-23-16-7-3-2-6-13(16)15-9-14(12-5-4-8-18-10-12)21-17-19-11-20-22(15)17/h2-11,15H,1H3,(H,19,20,21)/t15-/m1/s1. The Kier molecular flexibility index (Phi) is 3.27. The van der Waals surface area contributed by atoms with Gasteiger partial charge in [-0.05, 0) is 24.3 Å². The van der Waals surface area contributed by atoms with Crippen molar-refractivity contribution in [1.82, 2.24) is 19.7 Å². The molecule has 0 amide bonds. The van der Waals surface area contributed by atoms with Crippen molar-refractivity contribution in [2.24, 2.45) is 0 Å². The first-order valence-electron chi connectivity index (χ1n) is 7.28. The Hall–Kier alpha value is -3.15. The van der Waals surface area contributed by atoms with Crippen molar-refractivity contribution in [3.63, 3.8) is 0 Å². The molecule has 0 aliphatic carbocycles. The maximum Gasteiger partial charge on any atom is 0.226 e. The molecule has 0 saturated heterocycles. The van der Waals surface area contributed by atoms with Crippen LogP contribution in [0.3, 0.4) is 0 Å². The molecule has 1 aliphatic heterocycles. The zero-order valence-corrected chi connectivity index (χ0v) is 12.5. The minimum absolute atomic E-state index is 0.0971. The number of allylic oxidation sites excluding steroid dienone is 1.